The van der Waals surface area contributed by atoms with E-state index >= 15 is 0 Å². The lowest BCUT2D eigenvalue weighted by molar-refractivity contribution is 0.0955. The molecule has 0 spiro atoms. The van der Waals surface area contributed by atoms with Crippen molar-refractivity contribution >= 4 is 46.3 Å². The van der Waals surface area contributed by atoms with Crippen molar-refractivity contribution in [1.82, 2.24) is 5.43 Å². The number of aromatic hydroxyl groups is 1. The first-order valence-corrected chi connectivity index (χ1v) is 7.09. The molecule has 4 nitrogen and oxygen atoms in total. The SMILES string of the molecule is O=C(N/N=C\c1ccc(O)c(I)c1)c1cccc(Cl)c1. The molecule has 20 heavy (non-hydrogen) atoms. The van der Waals surface area contributed by atoms with Gasteiger partial charge in [-0.3, -0.25) is 4.79 Å². The number of nitrogens with zero attached hydrogens (tertiary/aromatic N) is 1. The summed E-state index contributed by atoms with van der Waals surface area (Å²) in [6.07, 6.45) is 1.50. The summed E-state index contributed by atoms with van der Waals surface area (Å²) >= 11 is 7.82. The Hall–Kier alpha value is -1.60. The van der Waals surface area contributed by atoms with Gasteiger partial charge in [0.15, 0.2) is 0 Å². The predicted molar refractivity (Wildman–Crippen MR) is 87.3 cm³/mol. The van der Waals surface area contributed by atoms with Gasteiger partial charge in [0, 0.05) is 10.6 Å². The zero-order valence-corrected chi connectivity index (χ0v) is 13.1. The summed E-state index contributed by atoms with van der Waals surface area (Å²) < 4.78 is 0.715. The van der Waals surface area contributed by atoms with E-state index in [-0.39, 0.29) is 11.7 Å². The molecule has 0 aromatic heterocycles. The van der Waals surface area contributed by atoms with E-state index in [0.29, 0.717) is 14.2 Å². The summed E-state index contributed by atoms with van der Waals surface area (Å²) in [5.74, 6) is -0.122. The average Bonchev–Trinajstić information content (AvgIpc) is 2.42. The van der Waals surface area contributed by atoms with Crippen LogP contribution in [0, 0.1) is 3.57 Å². The van der Waals surface area contributed by atoms with Gasteiger partial charge in [-0.1, -0.05) is 17.7 Å². The quantitative estimate of drug-likeness (QED) is 0.471. The Kier molecular flexibility index (Phi) is 4.97. The highest BCUT2D eigenvalue weighted by atomic mass is 127. The third kappa shape index (κ3) is 3.94. The van der Waals surface area contributed by atoms with E-state index in [1.54, 1.807) is 42.5 Å². The van der Waals surface area contributed by atoms with Gasteiger partial charge in [-0.25, -0.2) is 5.43 Å². The summed E-state index contributed by atoms with van der Waals surface area (Å²) in [6, 6.07) is 11.6. The Morgan fingerprint density at radius 2 is 2.10 bits per heavy atom. The Bertz CT molecular complexity index is 674. The normalized spacial score (nSPS) is 10.7. The lowest BCUT2D eigenvalue weighted by Gasteiger charge is -2.01. The van der Waals surface area contributed by atoms with Gasteiger partial charge in [0.25, 0.3) is 5.91 Å². The number of rotatable bonds is 3. The van der Waals surface area contributed by atoms with Crippen molar-refractivity contribution in [2.24, 2.45) is 5.10 Å². The molecule has 0 fully saturated rings. The molecule has 0 aliphatic carbocycles. The van der Waals surface area contributed by atoms with Crippen molar-refractivity contribution in [2.75, 3.05) is 0 Å². The molecule has 0 unspecified atom stereocenters. The second-order valence-corrected chi connectivity index (χ2v) is 5.52. The van der Waals surface area contributed by atoms with Crippen LogP contribution in [0.15, 0.2) is 47.6 Å². The minimum atomic E-state index is -0.336. The average molecular weight is 401 g/mol. The van der Waals surface area contributed by atoms with Crippen LogP contribution in [0.2, 0.25) is 5.02 Å². The molecule has 1 amide bonds. The molecule has 0 heterocycles. The van der Waals surface area contributed by atoms with Crippen molar-refractivity contribution in [1.29, 1.82) is 0 Å². The van der Waals surface area contributed by atoms with Crippen molar-refractivity contribution in [3.8, 4) is 5.75 Å². The first kappa shape index (κ1) is 14.8. The van der Waals surface area contributed by atoms with Gasteiger partial charge in [-0.15, -0.1) is 0 Å². The summed E-state index contributed by atoms with van der Waals surface area (Å²) in [5, 5.41) is 13.8. The minimum Gasteiger partial charge on any atom is -0.507 e. The van der Waals surface area contributed by atoms with Crippen molar-refractivity contribution < 1.29 is 9.90 Å². The molecule has 2 aromatic rings. The molecule has 2 N–H and O–H groups in total. The summed E-state index contributed by atoms with van der Waals surface area (Å²) in [4.78, 5) is 11.8. The predicted octanol–water partition coefficient (Wildman–Crippen LogP) is 3.41. The highest BCUT2D eigenvalue weighted by Gasteiger charge is 2.04. The van der Waals surface area contributed by atoms with Crippen LogP contribution in [0.3, 0.4) is 0 Å². The number of hydrazone groups is 1. The Balaban J connectivity index is 2.02. The van der Waals surface area contributed by atoms with Crippen LogP contribution in [-0.4, -0.2) is 17.2 Å². The second-order valence-electron chi connectivity index (χ2n) is 3.92. The van der Waals surface area contributed by atoms with E-state index in [2.05, 4.69) is 10.5 Å². The third-order valence-electron chi connectivity index (χ3n) is 2.44. The van der Waals surface area contributed by atoms with Gasteiger partial charge in [0.05, 0.1) is 9.78 Å². The second kappa shape index (κ2) is 6.71. The van der Waals surface area contributed by atoms with Crippen LogP contribution in [0.1, 0.15) is 15.9 Å². The topological polar surface area (TPSA) is 61.7 Å². The maximum atomic E-state index is 11.8. The van der Waals surface area contributed by atoms with Crippen molar-refractivity contribution in [2.45, 2.75) is 0 Å². The molecular weight excluding hydrogens is 391 g/mol. The highest BCUT2D eigenvalue weighted by molar-refractivity contribution is 14.1. The number of amides is 1. The number of hydrogen-bond donors (Lipinski definition) is 2. The minimum absolute atomic E-state index is 0.214. The van der Waals surface area contributed by atoms with Crippen LogP contribution in [0.4, 0.5) is 0 Å². The van der Waals surface area contributed by atoms with Gasteiger partial charge in [0.2, 0.25) is 0 Å². The van der Waals surface area contributed by atoms with Gasteiger partial charge >= 0.3 is 0 Å². The van der Waals surface area contributed by atoms with E-state index in [1.807, 2.05) is 22.6 Å². The van der Waals surface area contributed by atoms with E-state index < -0.39 is 0 Å². The van der Waals surface area contributed by atoms with Gasteiger partial charge < -0.3 is 5.11 Å². The molecule has 0 saturated heterocycles. The van der Waals surface area contributed by atoms with Crippen LogP contribution in [0.25, 0.3) is 0 Å². The molecule has 0 saturated carbocycles. The standard InChI is InChI=1S/C14H10ClIN2O2/c15-11-3-1-2-10(7-11)14(20)18-17-8-9-4-5-13(19)12(16)6-9/h1-8,19H,(H,18,20)/b17-8-. The van der Waals surface area contributed by atoms with Crippen LogP contribution in [0.5, 0.6) is 5.75 Å². The van der Waals surface area contributed by atoms with E-state index in [0.717, 1.165) is 5.56 Å². The van der Waals surface area contributed by atoms with Gasteiger partial charge in [-0.05, 0) is 64.6 Å². The third-order valence-corrected chi connectivity index (χ3v) is 3.54. The molecule has 0 atom stereocenters. The molecule has 2 rings (SSSR count). The molecule has 6 heteroatoms. The lowest BCUT2D eigenvalue weighted by atomic mass is 10.2. The van der Waals surface area contributed by atoms with Gasteiger partial charge in [0.1, 0.15) is 5.75 Å². The number of benzene rings is 2. The van der Waals surface area contributed by atoms with Crippen LogP contribution >= 0.6 is 34.2 Å². The van der Waals surface area contributed by atoms with Crippen LogP contribution in [-0.2, 0) is 0 Å². The number of halogens is 2. The fraction of sp³-hybridized carbons (Fsp3) is 0. The zero-order chi connectivity index (χ0) is 14.5. The molecule has 102 valence electrons. The monoisotopic (exact) mass is 400 g/mol. The Labute approximate surface area is 134 Å². The molecule has 0 radical (unpaired) electrons. The van der Waals surface area contributed by atoms with Crippen molar-refractivity contribution in [3.63, 3.8) is 0 Å². The van der Waals surface area contributed by atoms with E-state index in [1.165, 1.54) is 6.21 Å². The number of carbonyl (C=O) groups excluding carboxylic acids is 1. The molecule has 2 aromatic carbocycles. The first-order valence-electron chi connectivity index (χ1n) is 5.64. The molecule has 0 bridgehead atoms. The summed E-state index contributed by atoms with van der Waals surface area (Å²) in [7, 11) is 0. The Morgan fingerprint density at radius 1 is 1.30 bits per heavy atom. The maximum Gasteiger partial charge on any atom is 0.271 e. The maximum absolute atomic E-state index is 11.8. The van der Waals surface area contributed by atoms with Crippen molar-refractivity contribution in [3.05, 3.63) is 62.2 Å². The van der Waals surface area contributed by atoms with Crippen LogP contribution < -0.4 is 5.43 Å². The number of nitrogens with one attached hydrogen (secondary N) is 1. The molecule has 0 aliphatic rings. The number of carbonyl (C=O) groups is 1. The lowest BCUT2D eigenvalue weighted by Crippen LogP contribution is -2.17. The number of hydrogen-bond acceptors (Lipinski definition) is 3. The zero-order valence-electron chi connectivity index (χ0n) is 10.2. The van der Waals surface area contributed by atoms with E-state index in [9.17, 15) is 9.90 Å². The van der Waals surface area contributed by atoms with Gasteiger partial charge in [-0.2, -0.15) is 5.10 Å². The molecule has 0 aliphatic heterocycles. The number of phenols is 1. The fourth-order valence-corrected chi connectivity index (χ4v) is 2.19. The first-order chi connectivity index (χ1) is 9.56. The Morgan fingerprint density at radius 3 is 2.80 bits per heavy atom. The number of phenolic OH excluding ortho intramolecular Hbond substituents is 1. The summed E-state index contributed by atoms with van der Waals surface area (Å²) in [6.45, 7) is 0. The summed E-state index contributed by atoms with van der Waals surface area (Å²) in [5.41, 5.74) is 3.63. The van der Waals surface area contributed by atoms with E-state index in [4.69, 9.17) is 11.6 Å². The fourth-order valence-electron chi connectivity index (χ4n) is 1.46. The molecular formula is C14H10ClIN2O2. The largest absolute Gasteiger partial charge is 0.507 e. The highest BCUT2D eigenvalue weighted by Crippen LogP contribution is 2.19. The smallest absolute Gasteiger partial charge is 0.271 e.